The molecule has 1 aliphatic rings. The number of nitrogens with zero attached hydrogens (tertiary/aromatic N) is 3. The Kier molecular flexibility index (Phi) is 5.72. The minimum Gasteiger partial charge on any atom is -0.465 e. The number of fused-ring (bicyclic) bond motifs is 3. The number of esters is 1. The number of benzene rings is 4. The Balaban J connectivity index is 1.40. The molecular weight excluding hydrogens is 496 g/mol. The quantitative estimate of drug-likeness (QED) is 0.245. The first kappa shape index (κ1) is 24.2. The molecule has 196 valence electrons. The summed E-state index contributed by atoms with van der Waals surface area (Å²) in [6, 6.07) is 32.4. The van der Waals surface area contributed by atoms with Crippen LogP contribution in [0.1, 0.15) is 35.2 Å². The molecule has 6 aromatic rings. The van der Waals surface area contributed by atoms with Gasteiger partial charge in [-0.2, -0.15) is 5.10 Å². The molecule has 0 spiro atoms. The summed E-state index contributed by atoms with van der Waals surface area (Å²) in [5.41, 5.74) is 15.6. The van der Waals surface area contributed by atoms with E-state index in [0.29, 0.717) is 5.56 Å². The highest BCUT2D eigenvalue weighted by atomic mass is 16.5. The Hall–Kier alpha value is -4.81. The summed E-state index contributed by atoms with van der Waals surface area (Å²) in [4.78, 5) is 17.3. The fourth-order valence-electron chi connectivity index (χ4n) is 5.62. The molecule has 1 saturated carbocycles. The maximum Gasteiger partial charge on any atom is 0.337 e. The van der Waals surface area contributed by atoms with Crippen molar-refractivity contribution in [3.05, 3.63) is 114 Å². The molecule has 1 fully saturated rings. The third-order valence-corrected chi connectivity index (χ3v) is 8.07. The van der Waals surface area contributed by atoms with Gasteiger partial charge in [0.25, 0.3) is 0 Å². The molecule has 7 rings (SSSR count). The molecule has 0 aliphatic heterocycles. The molecule has 6 nitrogen and oxygen atoms in total. The average molecular weight is 525 g/mol. The van der Waals surface area contributed by atoms with Gasteiger partial charge in [-0.05, 0) is 65.8 Å². The fraction of sp³-hybridized carbons (Fsp3) is 0.147. The lowest BCUT2D eigenvalue weighted by Gasteiger charge is -2.38. The summed E-state index contributed by atoms with van der Waals surface area (Å²) in [6.45, 7) is 0. The summed E-state index contributed by atoms with van der Waals surface area (Å²) < 4.78 is 6.78. The molecule has 2 heterocycles. The number of carbonyl (C=O) groups excluding carboxylic acids is 1. The molecule has 4 aromatic carbocycles. The van der Waals surface area contributed by atoms with Crippen LogP contribution in [-0.2, 0) is 10.3 Å². The minimum atomic E-state index is -0.359. The van der Waals surface area contributed by atoms with E-state index in [1.165, 1.54) is 19.1 Å². The first-order valence-electron chi connectivity index (χ1n) is 13.5. The predicted octanol–water partition coefficient (Wildman–Crippen LogP) is 7.01. The second kappa shape index (κ2) is 9.43. The summed E-state index contributed by atoms with van der Waals surface area (Å²) in [6.07, 6.45) is 5.30. The number of hydrogen-bond donors (Lipinski definition) is 1. The number of ether oxygens (including phenoxy) is 1. The number of methoxy groups -OCH3 is 1. The van der Waals surface area contributed by atoms with Crippen LogP contribution >= 0.6 is 0 Å². The van der Waals surface area contributed by atoms with E-state index in [0.717, 1.165) is 62.9 Å². The van der Waals surface area contributed by atoms with Gasteiger partial charge in [0.1, 0.15) is 0 Å². The standard InChI is InChI=1S/C34H28N4O2/c1-40-33(39)26-10-5-9-24(19-26)25-13-16-30-28(20-25)32-36-31(23-11-14-27(15-12-23)34(35)17-6-18-34)29(21-38(32)37-30)22-7-3-2-4-8-22/h2-5,7-16,19-21H,6,17-18,35H2,1H3. The van der Waals surface area contributed by atoms with Crippen LogP contribution in [0.3, 0.4) is 0 Å². The Morgan fingerprint density at radius 1 is 0.850 bits per heavy atom. The van der Waals surface area contributed by atoms with Crippen molar-refractivity contribution in [1.82, 2.24) is 14.6 Å². The molecular formula is C34H28N4O2. The average Bonchev–Trinajstić information content (AvgIpc) is 3.36. The predicted molar refractivity (Wildman–Crippen MR) is 158 cm³/mol. The first-order valence-corrected chi connectivity index (χ1v) is 13.5. The van der Waals surface area contributed by atoms with Gasteiger partial charge in [0, 0.05) is 28.2 Å². The van der Waals surface area contributed by atoms with Gasteiger partial charge >= 0.3 is 5.97 Å². The van der Waals surface area contributed by atoms with Crippen LogP contribution < -0.4 is 5.73 Å². The van der Waals surface area contributed by atoms with Crippen molar-refractivity contribution in [2.24, 2.45) is 5.73 Å². The zero-order valence-corrected chi connectivity index (χ0v) is 22.2. The lowest BCUT2D eigenvalue weighted by Crippen LogP contribution is -2.43. The van der Waals surface area contributed by atoms with Crippen molar-refractivity contribution in [2.45, 2.75) is 24.8 Å². The van der Waals surface area contributed by atoms with E-state index >= 15 is 0 Å². The van der Waals surface area contributed by atoms with Crippen molar-refractivity contribution in [3.8, 4) is 33.5 Å². The fourth-order valence-corrected chi connectivity index (χ4v) is 5.62. The summed E-state index contributed by atoms with van der Waals surface area (Å²) in [5.74, 6) is -0.359. The van der Waals surface area contributed by atoms with Gasteiger partial charge in [0.05, 0.1) is 23.9 Å². The van der Waals surface area contributed by atoms with E-state index < -0.39 is 0 Å². The second-order valence-electron chi connectivity index (χ2n) is 10.5. The molecule has 0 radical (unpaired) electrons. The van der Waals surface area contributed by atoms with Crippen LogP contribution in [0.15, 0.2) is 103 Å². The number of hydrogen-bond acceptors (Lipinski definition) is 5. The van der Waals surface area contributed by atoms with Gasteiger partial charge in [-0.15, -0.1) is 0 Å². The molecule has 0 unspecified atom stereocenters. The maximum absolute atomic E-state index is 12.1. The molecule has 6 heteroatoms. The molecule has 40 heavy (non-hydrogen) atoms. The Labute approximate surface area is 232 Å². The zero-order valence-electron chi connectivity index (χ0n) is 22.2. The molecule has 0 bridgehead atoms. The van der Waals surface area contributed by atoms with Gasteiger partial charge in [-0.1, -0.05) is 72.8 Å². The largest absolute Gasteiger partial charge is 0.465 e. The van der Waals surface area contributed by atoms with Crippen molar-refractivity contribution in [1.29, 1.82) is 0 Å². The van der Waals surface area contributed by atoms with Crippen LogP contribution in [0.5, 0.6) is 0 Å². The summed E-state index contributed by atoms with van der Waals surface area (Å²) in [7, 11) is 1.39. The van der Waals surface area contributed by atoms with E-state index in [1.807, 2.05) is 53.0 Å². The summed E-state index contributed by atoms with van der Waals surface area (Å²) >= 11 is 0. The molecule has 0 saturated heterocycles. The minimum absolute atomic E-state index is 0.207. The van der Waals surface area contributed by atoms with E-state index in [9.17, 15) is 4.79 Å². The van der Waals surface area contributed by atoms with Crippen LogP contribution in [-0.4, -0.2) is 27.7 Å². The third kappa shape index (κ3) is 4.05. The molecule has 0 atom stereocenters. The smallest absolute Gasteiger partial charge is 0.337 e. The molecule has 1 aliphatic carbocycles. The molecule has 2 N–H and O–H groups in total. The van der Waals surface area contributed by atoms with Gasteiger partial charge < -0.3 is 10.5 Å². The number of carbonyl (C=O) groups is 1. The van der Waals surface area contributed by atoms with Crippen molar-refractivity contribution >= 4 is 22.5 Å². The first-order chi connectivity index (χ1) is 19.5. The van der Waals surface area contributed by atoms with E-state index in [4.69, 9.17) is 20.6 Å². The number of nitrogens with two attached hydrogens (primary N) is 1. The molecule has 2 aromatic heterocycles. The van der Waals surface area contributed by atoms with Gasteiger partial charge in [-0.3, -0.25) is 0 Å². The lowest BCUT2D eigenvalue weighted by molar-refractivity contribution is 0.0601. The SMILES string of the molecule is COC(=O)c1cccc(-c2ccc3nn4cc(-c5ccccc5)c(-c5ccc(C6(N)CCC6)cc5)nc4c3c2)c1. The van der Waals surface area contributed by atoms with Crippen molar-refractivity contribution < 1.29 is 9.53 Å². The summed E-state index contributed by atoms with van der Waals surface area (Å²) in [5, 5.41) is 5.80. The topological polar surface area (TPSA) is 82.5 Å². The van der Waals surface area contributed by atoms with Crippen LogP contribution in [0.2, 0.25) is 0 Å². The third-order valence-electron chi connectivity index (χ3n) is 8.07. The van der Waals surface area contributed by atoms with E-state index in [2.05, 4.69) is 48.7 Å². The van der Waals surface area contributed by atoms with E-state index in [-0.39, 0.29) is 11.5 Å². The zero-order chi connectivity index (χ0) is 27.3. The van der Waals surface area contributed by atoms with Gasteiger partial charge in [-0.25, -0.2) is 14.3 Å². The van der Waals surface area contributed by atoms with Crippen LogP contribution in [0.25, 0.3) is 50.1 Å². The number of rotatable bonds is 5. The molecule has 0 amide bonds. The highest BCUT2D eigenvalue weighted by molar-refractivity contribution is 5.97. The van der Waals surface area contributed by atoms with Gasteiger partial charge in [0.15, 0.2) is 5.65 Å². The van der Waals surface area contributed by atoms with Gasteiger partial charge in [0.2, 0.25) is 0 Å². The van der Waals surface area contributed by atoms with Crippen molar-refractivity contribution in [3.63, 3.8) is 0 Å². The normalized spacial score (nSPS) is 14.2. The highest BCUT2D eigenvalue weighted by Crippen LogP contribution is 2.40. The lowest BCUT2D eigenvalue weighted by atomic mass is 9.72. The Morgan fingerprint density at radius 2 is 1.57 bits per heavy atom. The monoisotopic (exact) mass is 524 g/mol. The van der Waals surface area contributed by atoms with Crippen LogP contribution in [0, 0.1) is 0 Å². The number of aromatic nitrogens is 3. The highest BCUT2D eigenvalue weighted by Gasteiger charge is 2.34. The maximum atomic E-state index is 12.1. The Bertz CT molecular complexity index is 1890. The second-order valence-corrected chi connectivity index (χ2v) is 10.5. The Morgan fingerprint density at radius 3 is 2.30 bits per heavy atom. The van der Waals surface area contributed by atoms with Crippen LogP contribution in [0.4, 0.5) is 0 Å². The van der Waals surface area contributed by atoms with E-state index in [1.54, 1.807) is 6.07 Å². The van der Waals surface area contributed by atoms with Crippen molar-refractivity contribution in [2.75, 3.05) is 7.11 Å².